The maximum atomic E-state index is 12.2. The van der Waals surface area contributed by atoms with Gasteiger partial charge in [-0.25, -0.2) is 9.59 Å². The van der Waals surface area contributed by atoms with Crippen molar-refractivity contribution in [2.75, 3.05) is 26.8 Å². The van der Waals surface area contributed by atoms with Gasteiger partial charge in [0.15, 0.2) is 5.54 Å². The largest absolute Gasteiger partial charge is 0.479 e. The summed E-state index contributed by atoms with van der Waals surface area (Å²) >= 11 is 0. The van der Waals surface area contributed by atoms with Gasteiger partial charge in [0.05, 0.1) is 6.61 Å². The van der Waals surface area contributed by atoms with Crippen molar-refractivity contribution in [1.82, 2.24) is 10.2 Å². The van der Waals surface area contributed by atoms with E-state index in [9.17, 15) is 14.7 Å². The lowest BCUT2D eigenvalue weighted by molar-refractivity contribution is -0.144. The van der Waals surface area contributed by atoms with Gasteiger partial charge in [-0.1, -0.05) is 19.3 Å². The molecule has 1 heterocycles. The molecule has 20 heavy (non-hydrogen) atoms. The van der Waals surface area contributed by atoms with Crippen LogP contribution in [0.4, 0.5) is 4.79 Å². The lowest BCUT2D eigenvalue weighted by Crippen LogP contribution is -2.58. The molecule has 1 aliphatic carbocycles. The smallest absolute Gasteiger partial charge is 0.332 e. The maximum absolute atomic E-state index is 12.2. The molecule has 1 unspecified atom stereocenters. The Morgan fingerprint density at radius 2 is 2.05 bits per heavy atom. The lowest BCUT2D eigenvalue weighted by atomic mass is 9.89. The SMILES string of the molecule is CN(CC1CCCCC1)C(=O)NC1(C(=O)O)CCOC1. The van der Waals surface area contributed by atoms with Gasteiger partial charge in [0, 0.05) is 26.6 Å². The Morgan fingerprint density at radius 3 is 2.60 bits per heavy atom. The third-order valence-corrected chi connectivity index (χ3v) is 4.38. The molecule has 6 heteroatoms. The van der Waals surface area contributed by atoms with Crippen molar-refractivity contribution < 1.29 is 19.4 Å². The van der Waals surface area contributed by atoms with Crippen molar-refractivity contribution in [3.8, 4) is 0 Å². The quantitative estimate of drug-likeness (QED) is 0.819. The van der Waals surface area contributed by atoms with Crippen LogP contribution >= 0.6 is 0 Å². The Morgan fingerprint density at radius 1 is 1.35 bits per heavy atom. The van der Waals surface area contributed by atoms with Crippen LogP contribution in [0.15, 0.2) is 0 Å². The van der Waals surface area contributed by atoms with Crippen LogP contribution in [-0.2, 0) is 9.53 Å². The van der Waals surface area contributed by atoms with E-state index in [0.717, 1.165) is 12.8 Å². The summed E-state index contributed by atoms with van der Waals surface area (Å²) in [6, 6.07) is -0.316. The number of ether oxygens (including phenoxy) is 1. The highest BCUT2D eigenvalue weighted by molar-refractivity contribution is 5.86. The van der Waals surface area contributed by atoms with Crippen molar-refractivity contribution in [3.63, 3.8) is 0 Å². The standard InChI is InChI=1S/C14H24N2O4/c1-16(9-11-5-3-2-4-6-11)13(19)15-14(12(17)18)7-8-20-10-14/h11H,2-10H2,1H3,(H,15,19)(H,17,18). The number of carboxylic acids is 1. The normalized spacial score (nSPS) is 27.2. The Kier molecular flexibility index (Phi) is 4.86. The van der Waals surface area contributed by atoms with Gasteiger partial charge < -0.3 is 20.1 Å². The predicted molar refractivity (Wildman–Crippen MR) is 73.5 cm³/mol. The number of hydrogen-bond donors (Lipinski definition) is 2. The summed E-state index contributed by atoms with van der Waals surface area (Å²) in [5, 5.41) is 11.9. The van der Waals surface area contributed by atoms with Gasteiger partial charge in [-0.2, -0.15) is 0 Å². The highest BCUT2D eigenvalue weighted by Crippen LogP contribution is 2.24. The molecule has 0 aromatic heterocycles. The fraction of sp³-hybridized carbons (Fsp3) is 0.857. The second-order valence-corrected chi connectivity index (χ2v) is 6.00. The first-order valence-electron chi connectivity index (χ1n) is 7.38. The molecule has 2 rings (SSSR count). The van der Waals surface area contributed by atoms with E-state index in [1.165, 1.54) is 19.3 Å². The molecule has 0 aromatic rings. The van der Waals surface area contributed by atoms with E-state index < -0.39 is 11.5 Å². The number of carbonyl (C=O) groups is 2. The van der Waals surface area contributed by atoms with E-state index in [-0.39, 0.29) is 12.6 Å². The first-order chi connectivity index (χ1) is 9.53. The second-order valence-electron chi connectivity index (χ2n) is 6.00. The first-order valence-corrected chi connectivity index (χ1v) is 7.38. The van der Waals surface area contributed by atoms with Crippen LogP contribution in [0.25, 0.3) is 0 Å². The van der Waals surface area contributed by atoms with E-state index in [1.54, 1.807) is 11.9 Å². The van der Waals surface area contributed by atoms with Gasteiger partial charge >= 0.3 is 12.0 Å². The van der Waals surface area contributed by atoms with Crippen LogP contribution in [0, 0.1) is 5.92 Å². The predicted octanol–water partition coefficient (Wildman–Crippen LogP) is 1.45. The topological polar surface area (TPSA) is 78.9 Å². The van der Waals surface area contributed by atoms with Gasteiger partial charge in [-0.15, -0.1) is 0 Å². The summed E-state index contributed by atoms with van der Waals surface area (Å²) in [5.74, 6) is -0.477. The molecular weight excluding hydrogens is 260 g/mol. The molecule has 0 spiro atoms. The molecule has 1 saturated heterocycles. The molecule has 1 aliphatic heterocycles. The molecule has 6 nitrogen and oxygen atoms in total. The first kappa shape index (κ1) is 15.1. The average Bonchev–Trinajstić information content (AvgIpc) is 2.89. The molecule has 2 aliphatic rings. The zero-order valence-electron chi connectivity index (χ0n) is 12.1. The molecule has 2 amide bonds. The fourth-order valence-corrected chi connectivity index (χ4v) is 3.03. The minimum Gasteiger partial charge on any atom is -0.479 e. The Bertz CT molecular complexity index is 360. The Labute approximate surface area is 119 Å². The number of hydrogen-bond acceptors (Lipinski definition) is 3. The highest BCUT2D eigenvalue weighted by atomic mass is 16.5. The molecule has 2 fully saturated rings. The van der Waals surface area contributed by atoms with E-state index in [0.29, 0.717) is 25.5 Å². The molecule has 2 N–H and O–H groups in total. The van der Waals surface area contributed by atoms with E-state index in [1.807, 2.05) is 0 Å². The van der Waals surface area contributed by atoms with Crippen LogP contribution in [0.3, 0.4) is 0 Å². The number of aliphatic carboxylic acids is 1. The van der Waals surface area contributed by atoms with Gasteiger partial charge in [0.2, 0.25) is 0 Å². The minimum atomic E-state index is -1.25. The molecule has 0 bridgehead atoms. The van der Waals surface area contributed by atoms with Crippen LogP contribution in [0.5, 0.6) is 0 Å². The van der Waals surface area contributed by atoms with E-state index >= 15 is 0 Å². The Balaban J connectivity index is 1.87. The number of carbonyl (C=O) groups excluding carboxylic acids is 1. The number of nitrogens with zero attached hydrogens (tertiary/aromatic N) is 1. The summed E-state index contributed by atoms with van der Waals surface area (Å²) in [5.41, 5.74) is -1.25. The highest BCUT2D eigenvalue weighted by Gasteiger charge is 2.44. The summed E-state index contributed by atoms with van der Waals surface area (Å²) in [6.45, 7) is 1.12. The molecule has 114 valence electrons. The third-order valence-electron chi connectivity index (χ3n) is 4.38. The van der Waals surface area contributed by atoms with Crippen LogP contribution in [-0.4, -0.2) is 54.4 Å². The van der Waals surface area contributed by atoms with Crippen molar-refractivity contribution in [2.45, 2.75) is 44.1 Å². The van der Waals surface area contributed by atoms with Crippen molar-refractivity contribution in [2.24, 2.45) is 5.92 Å². The van der Waals surface area contributed by atoms with Crippen molar-refractivity contribution >= 4 is 12.0 Å². The summed E-state index contributed by atoms with van der Waals surface area (Å²) < 4.78 is 5.14. The molecule has 1 atom stereocenters. The number of urea groups is 1. The summed E-state index contributed by atoms with van der Waals surface area (Å²) in [4.78, 5) is 25.1. The number of rotatable bonds is 4. The number of carboxylic acid groups (broad SMARTS) is 1. The van der Waals surface area contributed by atoms with Crippen molar-refractivity contribution in [1.29, 1.82) is 0 Å². The van der Waals surface area contributed by atoms with Gasteiger partial charge in [-0.05, 0) is 18.8 Å². The van der Waals surface area contributed by atoms with Gasteiger partial charge in [0.1, 0.15) is 0 Å². The fourth-order valence-electron chi connectivity index (χ4n) is 3.03. The second kappa shape index (κ2) is 6.43. The van der Waals surface area contributed by atoms with E-state index in [4.69, 9.17) is 4.74 Å². The molecule has 0 radical (unpaired) electrons. The van der Waals surface area contributed by atoms with Crippen LogP contribution in [0.2, 0.25) is 0 Å². The summed E-state index contributed by atoms with van der Waals surface area (Å²) in [6.07, 6.45) is 6.38. The monoisotopic (exact) mass is 284 g/mol. The Hall–Kier alpha value is -1.30. The van der Waals surface area contributed by atoms with E-state index in [2.05, 4.69) is 5.32 Å². The number of amides is 2. The molecule has 0 aromatic carbocycles. The van der Waals surface area contributed by atoms with Gasteiger partial charge in [-0.3, -0.25) is 0 Å². The molecular formula is C14H24N2O4. The average molecular weight is 284 g/mol. The van der Waals surface area contributed by atoms with Gasteiger partial charge in [0.25, 0.3) is 0 Å². The van der Waals surface area contributed by atoms with Crippen LogP contribution in [0.1, 0.15) is 38.5 Å². The summed E-state index contributed by atoms with van der Waals surface area (Å²) in [7, 11) is 1.73. The van der Waals surface area contributed by atoms with Crippen molar-refractivity contribution in [3.05, 3.63) is 0 Å². The third kappa shape index (κ3) is 3.42. The zero-order chi connectivity index (χ0) is 14.6. The number of nitrogens with one attached hydrogen (secondary N) is 1. The minimum absolute atomic E-state index is 0.0470. The maximum Gasteiger partial charge on any atom is 0.332 e. The molecule has 1 saturated carbocycles. The zero-order valence-corrected chi connectivity index (χ0v) is 12.1. The lowest BCUT2D eigenvalue weighted by Gasteiger charge is -2.30. The van der Waals surface area contributed by atoms with Crippen LogP contribution < -0.4 is 5.32 Å².